The Hall–Kier alpha value is -1.26. The molecule has 2 rings (SSSR count). The number of nitrogens with zero attached hydrogens (tertiary/aromatic N) is 2. The number of hydrogen-bond donors (Lipinski definition) is 1. The number of hydrogen-bond acceptors (Lipinski definition) is 4. The Balaban J connectivity index is 2.37. The van der Waals surface area contributed by atoms with Crippen LogP contribution in [0, 0.1) is 13.8 Å². The topological polar surface area (TPSA) is 37.8 Å². The number of nitrogens with one attached hydrogen (secondary N) is 1. The molecule has 3 nitrogen and oxygen atoms in total. The van der Waals surface area contributed by atoms with Crippen molar-refractivity contribution in [1.29, 1.82) is 0 Å². The maximum absolute atomic E-state index is 4.70. The summed E-state index contributed by atoms with van der Waals surface area (Å²) >= 11 is 1.77. The summed E-state index contributed by atoms with van der Waals surface area (Å²) in [6.45, 7) is 9.45. The highest BCUT2D eigenvalue weighted by Gasteiger charge is 2.15. The zero-order chi connectivity index (χ0) is 13.1. The fourth-order valence-corrected chi connectivity index (χ4v) is 3.22. The van der Waals surface area contributed by atoms with Crippen molar-refractivity contribution in [3.63, 3.8) is 0 Å². The van der Waals surface area contributed by atoms with E-state index in [-0.39, 0.29) is 0 Å². The van der Waals surface area contributed by atoms with Gasteiger partial charge in [-0.3, -0.25) is 4.98 Å². The van der Waals surface area contributed by atoms with Crippen molar-refractivity contribution in [3.05, 3.63) is 34.6 Å². The minimum atomic E-state index is 0.364. The highest BCUT2D eigenvalue weighted by atomic mass is 32.1. The SMILES string of the molecule is CCNC(C)c1sc(-c2ccncc2C)nc1C. The summed E-state index contributed by atoms with van der Waals surface area (Å²) < 4.78 is 0. The van der Waals surface area contributed by atoms with Gasteiger partial charge in [0, 0.05) is 28.9 Å². The lowest BCUT2D eigenvalue weighted by Crippen LogP contribution is -2.17. The molecule has 1 unspecified atom stereocenters. The first kappa shape index (κ1) is 13.2. The summed E-state index contributed by atoms with van der Waals surface area (Å²) in [6.07, 6.45) is 3.71. The predicted molar refractivity (Wildman–Crippen MR) is 76.9 cm³/mol. The molecule has 18 heavy (non-hydrogen) atoms. The molecule has 1 N–H and O–H groups in total. The van der Waals surface area contributed by atoms with E-state index in [1.807, 2.05) is 18.5 Å². The van der Waals surface area contributed by atoms with Gasteiger partial charge < -0.3 is 5.32 Å². The Bertz CT molecular complexity index is 534. The lowest BCUT2D eigenvalue weighted by atomic mass is 10.2. The van der Waals surface area contributed by atoms with Crippen molar-refractivity contribution in [2.75, 3.05) is 6.54 Å². The predicted octanol–water partition coefficient (Wildman–Crippen LogP) is 3.49. The van der Waals surface area contributed by atoms with Gasteiger partial charge in [-0.15, -0.1) is 11.3 Å². The molecule has 0 aromatic carbocycles. The highest BCUT2D eigenvalue weighted by Crippen LogP contribution is 2.32. The maximum atomic E-state index is 4.70. The first-order valence-electron chi connectivity index (χ1n) is 6.25. The molecule has 0 spiro atoms. The van der Waals surface area contributed by atoms with Gasteiger partial charge >= 0.3 is 0 Å². The van der Waals surface area contributed by atoms with E-state index in [4.69, 9.17) is 4.98 Å². The molecule has 2 heterocycles. The summed E-state index contributed by atoms with van der Waals surface area (Å²) in [5, 5.41) is 4.53. The summed E-state index contributed by atoms with van der Waals surface area (Å²) in [6, 6.07) is 2.40. The minimum absolute atomic E-state index is 0.364. The molecule has 2 aromatic heterocycles. The van der Waals surface area contributed by atoms with E-state index < -0.39 is 0 Å². The van der Waals surface area contributed by atoms with Crippen molar-refractivity contribution in [2.45, 2.75) is 33.7 Å². The Morgan fingerprint density at radius 2 is 2.17 bits per heavy atom. The Morgan fingerprint density at radius 1 is 1.39 bits per heavy atom. The van der Waals surface area contributed by atoms with E-state index in [2.05, 4.69) is 38.0 Å². The van der Waals surface area contributed by atoms with Gasteiger partial charge in [0.25, 0.3) is 0 Å². The standard InChI is InChI=1S/C14H19N3S/c1-5-16-10(3)13-11(4)17-14(18-13)12-6-7-15-8-9(12)2/h6-8,10,16H,5H2,1-4H3. The second kappa shape index (κ2) is 5.59. The van der Waals surface area contributed by atoms with Crippen molar-refractivity contribution < 1.29 is 0 Å². The van der Waals surface area contributed by atoms with Crippen molar-refractivity contribution in [2.24, 2.45) is 0 Å². The van der Waals surface area contributed by atoms with Crippen LogP contribution in [0.4, 0.5) is 0 Å². The summed E-state index contributed by atoms with van der Waals surface area (Å²) in [5.41, 5.74) is 3.49. The molecule has 0 saturated heterocycles. The molecule has 0 bridgehead atoms. The van der Waals surface area contributed by atoms with Gasteiger partial charge in [0.15, 0.2) is 0 Å². The van der Waals surface area contributed by atoms with Crippen molar-refractivity contribution >= 4 is 11.3 Å². The third kappa shape index (κ3) is 2.60. The van der Waals surface area contributed by atoms with Gasteiger partial charge in [0.1, 0.15) is 5.01 Å². The highest BCUT2D eigenvalue weighted by molar-refractivity contribution is 7.15. The summed E-state index contributed by atoms with van der Waals surface area (Å²) in [4.78, 5) is 10.1. The van der Waals surface area contributed by atoms with Gasteiger partial charge in [-0.25, -0.2) is 4.98 Å². The molecule has 0 aliphatic carbocycles. The molecular weight excluding hydrogens is 242 g/mol. The number of pyridine rings is 1. The van der Waals surface area contributed by atoms with Gasteiger partial charge in [0.2, 0.25) is 0 Å². The molecule has 0 amide bonds. The van der Waals surface area contributed by atoms with Crippen LogP contribution in [0.3, 0.4) is 0 Å². The molecular formula is C14H19N3S. The van der Waals surface area contributed by atoms with Gasteiger partial charge in [-0.05, 0) is 38.9 Å². The second-order valence-electron chi connectivity index (χ2n) is 4.44. The van der Waals surface area contributed by atoms with Crippen LogP contribution in [0.1, 0.15) is 36.0 Å². The number of aryl methyl sites for hydroxylation is 2. The van der Waals surface area contributed by atoms with Crippen LogP contribution in [0.25, 0.3) is 10.6 Å². The zero-order valence-corrected chi connectivity index (χ0v) is 12.1. The van der Waals surface area contributed by atoms with Gasteiger partial charge in [-0.1, -0.05) is 6.92 Å². The molecule has 0 aliphatic rings. The average molecular weight is 261 g/mol. The van der Waals surface area contributed by atoms with Crippen LogP contribution in [-0.2, 0) is 0 Å². The Kier molecular flexibility index (Phi) is 4.09. The fraction of sp³-hybridized carbons (Fsp3) is 0.429. The van der Waals surface area contributed by atoms with E-state index in [1.54, 1.807) is 11.3 Å². The first-order chi connectivity index (χ1) is 8.63. The smallest absolute Gasteiger partial charge is 0.124 e. The van der Waals surface area contributed by atoms with E-state index in [1.165, 1.54) is 16.0 Å². The lowest BCUT2D eigenvalue weighted by molar-refractivity contribution is 0.603. The summed E-state index contributed by atoms with van der Waals surface area (Å²) in [5.74, 6) is 0. The summed E-state index contributed by atoms with van der Waals surface area (Å²) in [7, 11) is 0. The van der Waals surface area contributed by atoms with Crippen LogP contribution in [0.15, 0.2) is 18.5 Å². The average Bonchev–Trinajstić information content (AvgIpc) is 2.72. The van der Waals surface area contributed by atoms with Crippen LogP contribution >= 0.6 is 11.3 Å². The van der Waals surface area contributed by atoms with E-state index in [9.17, 15) is 0 Å². The fourth-order valence-electron chi connectivity index (χ4n) is 2.04. The number of aromatic nitrogens is 2. The first-order valence-corrected chi connectivity index (χ1v) is 7.06. The molecule has 4 heteroatoms. The van der Waals surface area contributed by atoms with E-state index in [0.29, 0.717) is 6.04 Å². The lowest BCUT2D eigenvalue weighted by Gasteiger charge is -2.09. The molecule has 1 atom stereocenters. The van der Waals surface area contributed by atoms with Crippen molar-refractivity contribution in [1.82, 2.24) is 15.3 Å². The maximum Gasteiger partial charge on any atom is 0.124 e. The molecule has 0 radical (unpaired) electrons. The van der Waals surface area contributed by atoms with Crippen molar-refractivity contribution in [3.8, 4) is 10.6 Å². The monoisotopic (exact) mass is 261 g/mol. The zero-order valence-electron chi connectivity index (χ0n) is 11.3. The normalized spacial score (nSPS) is 12.7. The molecule has 96 valence electrons. The third-order valence-corrected chi connectivity index (χ3v) is 4.36. The Labute approximate surface area is 112 Å². The quantitative estimate of drug-likeness (QED) is 0.915. The van der Waals surface area contributed by atoms with Gasteiger partial charge in [-0.2, -0.15) is 0 Å². The minimum Gasteiger partial charge on any atom is -0.310 e. The molecule has 0 fully saturated rings. The second-order valence-corrected chi connectivity index (χ2v) is 5.47. The largest absolute Gasteiger partial charge is 0.310 e. The molecule has 2 aromatic rings. The molecule has 0 aliphatic heterocycles. The van der Waals surface area contributed by atoms with Crippen LogP contribution in [-0.4, -0.2) is 16.5 Å². The van der Waals surface area contributed by atoms with E-state index >= 15 is 0 Å². The third-order valence-electron chi connectivity index (χ3n) is 2.99. The number of rotatable bonds is 4. The van der Waals surface area contributed by atoms with Gasteiger partial charge in [0.05, 0.1) is 5.69 Å². The Morgan fingerprint density at radius 3 is 2.83 bits per heavy atom. The van der Waals surface area contributed by atoms with Crippen LogP contribution in [0.5, 0.6) is 0 Å². The van der Waals surface area contributed by atoms with E-state index in [0.717, 1.165) is 17.2 Å². The molecule has 0 saturated carbocycles. The van der Waals surface area contributed by atoms with Crippen LogP contribution in [0.2, 0.25) is 0 Å². The number of thiazole rings is 1. The van der Waals surface area contributed by atoms with Crippen LogP contribution < -0.4 is 5.32 Å².